The van der Waals surface area contributed by atoms with Gasteiger partial charge >= 0.3 is 0 Å². The van der Waals surface area contributed by atoms with Gasteiger partial charge in [0.25, 0.3) is 0 Å². The molecule has 2 rings (SSSR count). The van der Waals surface area contributed by atoms with Crippen molar-refractivity contribution in [1.82, 2.24) is 5.32 Å². The van der Waals surface area contributed by atoms with Gasteiger partial charge in [0.05, 0.1) is 0 Å². The lowest BCUT2D eigenvalue weighted by atomic mass is 9.75. The number of benzene rings is 1. The molecule has 18 heavy (non-hydrogen) atoms. The summed E-state index contributed by atoms with van der Waals surface area (Å²) < 4.78 is 13.2. The highest BCUT2D eigenvalue weighted by Gasteiger charge is 2.27. The normalized spacial score (nSPS) is 21.8. The smallest absolute Gasteiger partial charge is 0.123 e. The van der Waals surface area contributed by atoms with Gasteiger partial charge in [-0.25, -0.2) is 4.39 Å². The van der Waals surface area contributed by atoms with E-state index in [4.69, 9.17) is 0 Å². The maximum Gasteiger partial charge on any atom is 0.123 e. The summed E-state index contributed by atoms with van der Waals surface area (Å²) in [5, 5.41) is 3.63. The van der Waals surface area contributed by atoms with Crippen molar-refractivity contribution in [2.75, 3.05) is 0 Å². The Bertz CT molecular complexity index is 390. The first-order chi connectivity index (χ1) is 8.46. The van der Waals surface area contributed by atoms with Gasteiger partial charge < -0.3 is 5.32 Å². The Balaban J connectivity index is 1.90. The topological polar surface area (TPSA) is 12.0 Å². The van der Waals surface area contributed by atoms with E-state index in [1.54, 1.807) is 12.1 Å². The summed E-state index contributed by atoms with van der Waals surface area (Å²) in [5.74, 6) is -0.147. The quantitative estimate of drug-likeness (QED) is 0.834. The molecule has 2 heteroatoms. The van der Waals surface area contributed by atoms with Crippen LogP contribution in [0.15, 0.2) is 24.3 Å². The first-order valence-corrected chi connectivity index (χ1v) is 6.98. The van der Waals surface area contributed by atoms with E-state index < -0.39 is 0 Å². The zero-order chi connectivity index (χ0) is 13.2. The molecule has 1 aromatic rings. The second-order valence-electron chi connectivity index (χ2n) is 6.38. The molecule has 1 nitrogen and oxygen atoms in total. The fourth-order valence-electron chi connectivity index (χ4n) is 2.79. The molecule has 1 saturated carbocycles. The lowest BCUT2D eigenvalue weighted by molar-refractivity contribution is 0.200. The van der Waals surface area contributed by atoms with Crippen LogP contribution in [-0.4, -0.2) is 6.04 Å². The molecular weight excluding hydrogens is 225 g/mol. The molecule has 0 amide bonds. The maximum atomic E-state index is 13.2. The standard InChI is InChI=1S/C16H24FN/c1-12(13-5-4-6-14(17)11-13)18-15-7-9-16(2,3)10-8-15/h4-6,11-12,15,18H,7-10H2,1-3H3/t12-/m1/s1. The lowest BCUT2D eigenvalue weighted by Crippen LogP contribution is -2.37. The molecule has 1 aromatic carbocycles. The van der Waals surface area contributed by atoms with E-state index in [0.29, 0.717) is 11.5 Å². The van der Waals surface area contributed by atoms with Crippen LogP contribution in [0.5, 0.6) is 0 Å². The van der Waals surface area contributed by atoms with Crippen LogP contribution in [0, 0.1) is 11.2 Å². The molecule has 1 atom stereocenters. The van der Waals surface area contributed by atoms with Gasteiger partial charge in [-0.15, -0.1) is 0 Å². The molecule has 0 unspecified atom stereocenters. The molecule has 0 heterocycles. The molecule has 0 bridgehead atoms. The van der Waals surface area contributed by atoms with Gasteiger partial charge in [0.15, 0.2) is 0 Å². The predicted octanol–water partition coefficient (Wildman–Crippen LogP) is 4.45. The van der Waals surface area contributed by atoms with Gasteiger partial charge in [-0.2, -0.15) is 0 Å². The van der Waals surface area contributed by atoms with Crippen molar-refractivity contribution in [3.63, 3.8) is 0 Å². The van der Waals surface area contributed by atoms with Gasteiger partial charge in [-0.1, -0.05) is 26.0 Å². The van der Waals surface area contributed by atoms with Crippen LogP contribution < -0.4 is 5.32 Å². The third-order valence-corrected chi connectivity index (χ3v) is 4.17. The fraction of sp³-hybridized carbons (Fsp3) is 0.625. The minimum atomic E-state index is -0.147. The molecule has 0 aromatic heterocycles. The number of rotatable bonds is 3. The van der Waals surface area contributed by atoms with Crippen LogP contribution in [-0.2, 0) is 0 Å². The molecular formula is C16H24FN. The highest BCUT2D eigenvalue weighted by atomic mass is 19.1. The number of nitrogens with one attached hydrogen (secondary N) is 1. The van der Waals surface area contributed by atoms with Crippen LogP contribution in [0.3, 0.4) is 0 Å². The monoisotopic (exact) mass is 249 g/mol. The molecule has 0 radical (unpaired) electrons. The largest absolute Gasteiger partial charge is 0.307 e. The summed E-state index contributed by atoms with van der Waals surface area (Å²) >= 11 is 0. The Hall–Kier alpha value is -0.890. The minimum Gasteiger partial charge on any atom is -0.307 e. The van der Waals surface area contributed by atoms with Gasteiger partial charge in [-0.05, 0) is 55.7 Å². The minimum absolute atomic E-state index is 0.147. The SMILES string of the molecule is C[C@@H](NC1CCC(C)(C)CC1)c1cccc(F)c1. The van der Waals surface area contributed by atoms with Crippen LogP contribution in [0.1, 0.15) is 58.1 Å². The lowest BCUT2D eigenvalue weighted by Gasteiger charge is -2.36. The predicted molar refractivity (Wildman–Crippen MR) is 74.0 cm³/mol. The molecule has 100 valence electrons. The highest BCUT2D eigenvalue weighted by Crippen LogP contribution is 2.35. The van der Waals surface area contributed by atoms with Crippen molar-refractivity contribution < 1.29 is 4.39 Å². The number of hydrogen-bond acceptors (Lipinski definition) is 1. The third-order valence-electron chi connectivity index (χ3n) is 4.17. The fourth-order valence-corrected chi connectivity index (χ4v) is 2.79. The van der Waals surface area contributed by atoms with Crippen molar-refractivity contribution >= 4 is 0 Å². The Morgan fingerprint density at radius 3 is 2.56 bits per heavy atom. The second-order valence-corrected chi connectivity index (χ2v) is 6.38. The van der Waals surface area contributed by atoms with E-state index in [0.717, 1.165) is 5.56 Å². The summed E-state index contributed by atoms with van der Waals surface area (Å²) in [7, 11) is 0. The van der Waals surface area contributed by atoms with Crippen LogP contribution in [0.4, 0.5) is 4.39 Å². The summed E-state index contributed by atoms with van der Waals surface area (Å²) in [6, 6.07) is 7.72. The molecule has 1 aliphatic carbocycles. The van der Waals surface area contributed by atoms with Gasteiger partial charge in [0, 0.05) is 12.1 Å². The first-order valence-electron chi connectivity index (χ1n) is 6.98. The van der Waals surface area contributed by atoms with Crippen molar-refractivity contribution in [2.45, 2.75) is 58.5 Å². The van der Waals surface area contributed by atoms with Crippen molar-refractivity contribution in [1.29, 1.82) is 0 Å². The maximum absolute atomic E-state index is 13.2. The summed E-state index contributed by atoms with van der Waals surface area (Å²) in [6.45, 7) is 6.81. The summed E-state index contributed by atoms with van der Waals surface area (Å²) in [5.41, 5.74) is 1.54. The number of halogens is 1. The zero-order valence-electron chi connectivity index (χ0n) is 11.7. The number of hydrogen-bond donors (Lipinski definition) is 1. The first kappa shape index (κ1) is 13.5. The Morgan fingerprint density at radius 1 is 1.28 bits per heavy atom. The Morgan fingerprint density at radius 2 is 1.94 bits per heavy atom. The van der Waals surface area contributed by atoms with Crippen LogP contribution in [0.2, 0.25) is 0 Å². The van der Waals surface area contributed by atoms with Crippen LogP contribution >= 0.6 is 0 Å². The molecule has 1 aliphatic rings. The zero-order valence-corrected chi connectivity index (χ0v) is 11.7. The van der Waals surface area contributed by atoms with Gasteiger partial charge in [0.2, 0.25) is 0 Å². The van der Waals surface area contributed by atoms with E-state index in [1.165, 1.54) is 31.7 Å². The third kappa shape index (κ3) is 3.55. The Kier molecular flexibility index (Phi) is 4.06. The van der Waals surface area contributed by atoms with E-state index >= 15 is 0 Å². The average molecular weight is 249 g/mol. The molecule has 0 aliphatic heterocycles. The molecule has 1 N–H and O–H groups in total. The molecule has 0 saturated heterocycles. The van der Waals surface area contributed by atoms with Gasteiger partial charge in [-0.3, -0.25) is 0 Å². The molecule has 1 fully saturated rings. The van der Waals surface area contributed by atoms with Crippen molar-refractivity contribution in [3.05, 3.63) is 35.6 Å². The van der Waals surface area contributed by atoms with E-state index in [-0.39, 0.29) is 11.9 Å². The van der Waals surface area contributed by atoms with Crippen molar-refractivity contribution in [2.24, 2.45) is 5.41 Å². The van der Waals surface area contributed by atoms with E-state index in [1.807, 2.05) is 6.07 Å². The average Bonchev–Trinajstić information content (AvgIpc) is 2.32. The van der Waals surface area contributed by atoms with Crippen LogP contribution in [0.25, 0.3) is 0 Å². The van der Waals surface area contributed by atoms with E-state index in [9.17, 15) is 4.39 Å². The van der Waals surface area contributed by atoms with Gasteiger partial charge in [0.1, 0.15) is 5.82 Å². The molecule has 0 spiro atoms. The summed E-state index contributed by atoms with van der Waals surface area (Å²) in [6.07, 6.45) is 5.01. The van der Waals surface area contributed by atoms with E-state index in [2.05, 4.69) is 26.1 Å². The second kappa shape index (κ2) is 5.40. The Labute approximate surface area is 110 Å². The highest BCUT2D eigenvalue weighted by molar-refractivity contribution is 5.19. The summed E-state index contributed by atoms with van der Waals surface area (Å²) in [4.78, 5) is 0. The van der Waals surface area contributed by atoms with Crippen molar-refractivity contribution in [3.8, 4) is 0 Å².